The molecular weight excluding hydrogens is 776 g/mol. The molecule has 0 saturated carbocycles. The van der Waals surface area contributed by atoms with E-state index in [4.69, 9.17) is 43.4 Å². The maximum atomic E-state index is 11.5. The second-order valence-electron chi connectivity index (χ2n) is 13.4. The highest BCUT2D eigenvalue weighted by Crippen LogP contribution is 2.12. The summed E-state index contributed by atoms with van der Waals surface area (Å²) in [6.07, 6.45) is -6.28. The van der Waals surface area contributed by atoms with Gasteiger partial charge in [-0.2, -0.15) is 0 Å². The zero-order chi connectivity index (χ0) is 44.4. The predicted molar refractivity (Wildman–Crippen MR) is 199 cm³/mol. The van der Waals surface area contributed by atoms with Gasteiger partial charge in [0.15, 0.2) is 0 Å². The van der Waals surface area contributed by atoms with Crippen molar-refractivity contribution < 1.29 is 96.1 Å². The van der Waals surface area contributed by atoms with E-state index >= 15 is 0 Å². The summed E-state index contributed by atoms with van der Waals surface area (Å²) < 4.78 is 39.0. The van der Waals surface area contributed by atoms with Crippen LogP contribution in [0.5, 0.6) is 0 Å². The number of aliphatic hydroxyl groups excluding tert-OH is 1. The van der Waals surface area contributed by atoms with Gasteiger partial charge in [0.25, 0.3) is 0 Å². The number of aliphatic carboxylic acids is 1. The summed E-state index contributed by atoms with van der Waals surface area (Å²) >= 11 is 0. The monoisotopic (exact) mass is 838 g/mol. The van der Waals surface area contributed by atoms with Crippen molar-refractivity contribution in [3.05, 3.63) is 0 Å². The van der Waals surface area contributed by atoms with Gasteiger partial charge in [0.2, 0.25) is 0 Å². The molecule has 0 bridgehead atoms. The third-order valence-corrected chi connectivity index (χ3v) is 6.60. The van der Waals surface area contributed by atoms with Crippen LogP contribution < -0.4 is 0 Å². The first-order valence-corrected chi connectivity index (χ1v) is 18.1. The van der Waals surface area contributed by atoms with Crippen molar-refractivity contribution in [2.75, 3.05) is 7.11 Å². The third-order valence-electron chi connectivity index (χ3n) is 6.60. The Balaban J connectivity index is -0.000000776. The van der Waals surface area contributed by atoms with Crippen LogP contribution >= 0.6 is 0 Å². The number of esters is 8. The molecule has 0 unspecified atom stereocenters. The van der Waals surface area contributed by atoms with Gasteiger partial charge in [-0.15, -0.1) is 0 Å². The Kier molecular flexibility index (Phi) is 30.5. The largest absolute Gasteiger partial charge is 0.481 e. The van der Waals surface area contributed by atoms with Crippen LogP contribution in [0.4, 0.5) is 0 Å². The number of hydrogen-bond acceptors (Lipinski definition) is 19. The van der Waals surface area contributed by atoms with Crippen molar-refractivity contribution in [1.29, 1.82) is 0 Å². The first kappa shape index (κ1) is 57.2. The Labute approximate surface area is 338 Å². The molecule has 20 heteroatoms. The van der Waals surface area contributed by atoms with Crippen LogP contribution in [0.3, 0.4) is 0 Å². The quantitative estimate of drug-likeness (QED) is 0.128. The van der Waals surface area contributed by atoms with Crippen molar-refractivity contribution >= 4 is 59.5 Å². The first-order valence-electron chi connectivity index (χ1n) is 18.1. The van der Waals surface area contributed by atoms with Crippen LogP contribution in [0.2, 0.25) is 0 Å². The summed E-state index contributed by atoms with van der Waals surface area (Å²) in [6.45, 7) is 13.6. The van der Waals surface area contributed by atoms with Crippen LogP contribution in [0.1, 0.15) is 128 Å². The number of carboxylic acids is 1. The Morgan fingerprint density at radius 3 is 1.16 bits per heavy atom. The lowest BCUT2D eigenvalue weighted by atomic mass is 10.2. The molecule has 1 aliphatic rings. The lowest BCUT2D eigenvalue weighted by molar-refractivity contribution is -0.166. The van der Waals surface area contributed by atoms with Crippen LogP contribution in [0.25, 0.3) is 0 Å². The summed E-state index contributed by atoms with van der Waals surface area (Å²) in [6, 6.07) is 0. The molecule has 1 saturated heterocycles. The molecule has 0 aromatic heterocycles. The van der Waals surface area contributed by atoms with Gasteiger partial charge in [-0.05, 0) is 62.3 Å². The van der Waals surface area contributed by atoms with Crippen molar-refractivity contribution in [2.24, 2.45) is 0 Å². The maximum Gasteiger partial charge on any atom is 0.313 e. The fourth-order valence-corrected chi connectivity index (χ4v) is 4.37. The number of carbonyl (C=O) groups excluding carboxylic acids is 9. The Bertz CT molecular complexity index is 1280. The van der Waals surface area contributed by atoms with Gasteiger partial charge in [-0.1, -0.05) is 7.43 Å². The predicted octanol–water partition coefficient (Wildman–Crippen LogP) is 2.87. The SMILES string of the molecule is C.COC(=O)C[C@@H](C)OC(=O)C[C@@H](C)OC(=O)CC(C)=O.C[C@@H]1CC(=O)O[C@H](C)CC(=O)O[C@H](C)CC(=O)O1.C[C@H](CC(=O)O)OC(=O)C[C@@H](C)OC(=O)C[C@@H](C)O. The van der Waals surface area contributed by atoms with Gasteiger partial charge in [0.05, 0.1) is 64.6 Å². The highest BCUT2D eigenvalue weighted by Gasteiger charge is 2.24. The van der Waals surface area contributed by atoms with E-state index in [-0.39, 0.29) is 71.0 Å². The molecule has 0 aromatic rings. The molecular formula is C38H62O20. The molecule has 0 aromatic carbocycles. The molecule has 1 heterocycles. The number of aliphatic hydroxyl groups is 1. The maximum absolute atomic E-state index is 11.5. The van der Waals surface area contributed by atoms with Crippen molar-refractivity contribution in [3.63, 3.8) is 0 Å². The smallest absolute Gasteiger partial charge is 0.313 e. The topological polar surface area (TPSA) is 285 Å². The zero-order valence-electron chi connectivity index (χ0n) is 34.2. The molecule has 1 aliphatic heterocycles. The number of rotatable bonds is 16. The molecule has 0 radical (unpaired) electrons. The highest BCUT2D eigenvalue weighted by molar-refractivity contribution is 5.94. The number of ether oxygens (including phenoxy) is 8. The van der Waals surface area contributed by atoms with Crippen LogP contribution in [0.15, 0.2) is 0 Å². The molecule has 8 atom stereocenters. The molecule has 0 amide bonds. The molecule has 1 rings (SSSR count). The number of methoxy groups -OCH3 is 1. The summed E-state index contributed by atoms with van der Waals surface area (Å²) in [4.78, 5) is 112. The standard InChI is InChI=1S/C13H20O7.C12H20O7.C12H18O6.CH4/c1-8(14)5-12(16)19-10(3)7-13(17)20-9(2)6-11(15)18-4;1-7(13)4-11(16)19-9(3)6-12(17)18-8(2)5-10(14)15;1-7-4-10(13)17-9(3)6-12(15)18-8(2)5-11(14)16-7;/h9-10H,5-7H2,1-4H3;7-9,13H,4-6H2,1-3H3,(H,14,15);7-9H,4-6H2,1-3H3;1H4/t9-,10-;2*7-,8-,9-;/m111./s1. The second-order valence-corrected chi connectivity index (χ2v) is 13.4. The average Bonchev–Trinajstić information content (AvgIpc) is 2.98. The number of carbonyl (C=O) groups is 10. The van der Waals surface area contributed by atoms with Gasteiger partial charge in [0, 0.05) is 0 Å². The van der Waals surface area contributed by atoms with Gasteiger partial charge in [0.1, 0.15) is 54.9 Å². The summed E-state index contributed by atoms with van der Waals surface area (Å²) in [5.74, 6) is -5.85. The molecule has 58 heavy (non-hydrogen) atoms. The fourth-order valence-electron chi connectivity index (χ4n) is 4.37. The van der Waals surface area contributed by atoms with Crippen LogP contribution in [-0.2, 0) is 85.8 Å². The molecule has 334 valence electrons. The molecule has 2 N–H and O–H groups in total. The van der Waals surface area contributed by atoms with Gasteiger partial charge in [-0.3, -0.25) is 47.9 Å². The normalized spacial score (nSPS) is 19.2. The third kappa shape index (κ3) is 34.1. The van der Waals surface area contributed by atoms with E-state index in [0.717, 1.165) is 0 Å². The molecule has 1 fully saturated rings. The van der Waals surface area contributed by atoms with E-state index in [2.05, 4.69) is 4.74 Å². The van der Waals surface area contributed by atoms with Gasteiger partial charge >= 0.3 is 53.7 Å². The van der Waals surface area contributed by atoms with E-state index in [1.54, 1.807) is 27.7 Å². The Morgan fingerprint density at radius 2 is 0.862 bits per heavy atom. The van der Waals surface area contributed by atoms with Crippen LogP contribution in [-0.4, -0.2) is 126 Å². The zero-order valence-corrected chi connectivity index (χ0v) is 34.2. The second kappa shape index (κ2) is 30.9. The van der Waals surface area contributed by atoms with E-state index in [1.807, 2.05) is 0 Å². The molecule has 0 aliphatic carbocycles. The number of ketones is 1. The highest BCUT2D eigenvalue weighted by atomic mass is 16.6. The summed E-state index contributed by atoms with van der Waals surface area (Å²) in [7, 11) is 1.24. The minimum Gasteiger partial charge on any atom is -0.481 e. The summed E-state index contributed by atoms with van der Waals surface area (Å²) in [5.41, 5.74) is 0. The van der Waals surface area contributed by atoms with Gasteiger partial charge < -0.3 is 48.1 Å². The minimum atomic E-state index is -1.06. The fraction of sp³-hybridized carbons (Fsp3) is 0.737. The summed E-state index contributed by atoms with van der Waals surface area (Å²) in [5, 5.41) is 17.5. The number of hydrogen-bond donors (Lipinski definition) is 2. The molecule has 0 spiro atoms. The number of carboxylic acid groups (broad SMARTS) is 1. The van der Waals surface area contributed by atoms with E-state index < -0.39 is 103 Å². The first-order chi connectivity index (χ1) is 26.3. The Morgan fingerprint density at radius 1 is 0.569 bits per heavy atom. The number of Topliss-reactive ketones (excluding diaryl/α,β-unsaturated/α-hetero) is 1. The van der Waals surface area contributed by atoms with Crippen molar-refractivity contribution in [1.82, 2.24) is 0 Å². The number of cyclic esters (lactones) is 3. The average molecular weight is 839 g/mol. The van der Waals surface area contributed by atoms with Crippen LogP contribution in [0, 0.1) is 0 Å². The van der Waals surface area contributed by atoms with Gasteiger partial charge in [-0.25, -0.2) is 0 Å². The molecule has 20 nitrogen and oxygen atoms in total. The Hall–Kier alpha value is -5.14. The van der Waals surface area contributed by atoms with E-state index in [1.165, 1.54) is 41.7 Å². The van der Waals surface area contributed by atoms with E-state index in [9.17, 15) is 47.9 Å². The van der Waals surface area contributed by atoms with Crippen molar-refractivity contribution in [3.8, 4) is 0 Å². The van der Waals surface area contributed by atoms with Crippen molar-refractivity contribution in [2.45, 2.75) is 176 Å². The lowest BCUT2D eigenvalue weighted by Crippen LogP contribution is -2.29. The lowest BCUT2D eigenvalue weighted by Gasteiger charge is -2.20. The minimum absolute atomic E-state index is 0. The van der Waals surface area contributed by atoms with E-state index in [0.29, 0.717) is 0 Å².